The Morgan fingerprint density at radius 2 is 1.88 bits per heavy atom. The molecule has 4 nitrogen and oxygen atoms in total. The summed E-state index contributed by atoms with van der Waals surface area (Å²) in [6.45, 7) is 3.81. The van der Waals surface area contributed by atoms with E-state index in [4.69, 9.17) is 23.2 Å². The Hall–Kier alpha value is -1.95. The van der Waals surface area contributed by atoms with Gasteiger partial charge in [0.15, 0.2) is 0 Å². The minimum atomic E-state index is -0.121. The Balaban J connectivity index is 1.72. The second-order valence-corrected chi connectivity index (χ2v) is 7.57. The Kier molecular flexibility index (Phi) is 5.91. The van der Waals surface area contributed by atoms with E-state index in [-0.39, 0.29) is 11.7 Å². The molecule has 3 rings (SSSR count). The monoisotopic (exact) mass is 405 g/mol. The number of hydrogen-bond donors (Lipinski definition) is 1. The van der Waals surface area contributed by atoms with Gasteiger partial charge in [0.2, 0.25) is 5.91 Å². The zero-order valence-corrected chi connectivity index (χ0v) is 16.6. The first kappa shape index (κ1) is 18.8. The lowest BCUT2D eigenvalue weighted by molar-refractivity contribution is -0.113. The fraction of sp³-hybridized carbons (Fsp3) is 0.158. The van der Waals surface area contributed by atoms with Crippen LogP contribution < -0.4 is 5.32 Å². The Morgan fingerprint density at radius 1 is 1.15 bits per heavy atom. The summed E-state index contributed by atoms with van der Waals surface area (Å²) in [5.41, 5.74) is 3.34. The summed E-state index contributed by atoms with van der Waals surface area (Å²) in [5, 5.41) is 8.66. The van der Waals surface area contributed by atoms with E-state index >= 15 is 0 Å². The molecule has 0 spiro atoms. The summed E-state index contributed by atoms with van der Waals surface area (Å²) >= 11 is 13.5. The number of thioether (sulfide) groups is 1. The third-order valence-electron chi connectivity index (χ3n) is 3.81. The van der Waals surface area contributed by atoms with Crippen LogP contribution in [0, 0.1) is 13.8 Å². The van der Waals surface area contributed by atoms with Crippen molar-refractivity contribution < 1.29 is 4.79 Å². The molecule has 2 aromatic carbocycles. The van der Waals surface area contributed by atoms with Crippen LogP contribution in [0.15, 0.2) is 53.4 Å². The quantitative estimate of drug-likeness (QED) is 0.567. The molecule has 134 valence electrons. The average Bonchev–Trinajstić information content (AvgIpc) is 2.91. The lowest BCUT2D eigenvalue weighted by atomic mass is 10.3. The number of aryl methyl sites for hydroxylation is 1. The van der Waals surface area contributed by atoms with E-state index in [1.165, 1.54) is 11.8 Å². The van der Waals surface area contributed by atoms with Gasteiger partial charge in [0.1, 0.15) is 0 Å². The topological polar surface area (TPSA) is 46.9 Å². The Morgan fingerprint density at radius 3 is 2.62 bits per heavy atom. The van der Waals surface area contributed by atoms with E-state index in [0.717, 1.165) is 27.7 Å². The second kappa shape index (κ2) is 8.16. The number of amides is 1. The molecular formula is C19H17Cl2N3OS. The Labute approximate surface area is 166 Å². The van der Waals surface area contributed by atoms with Gasteiger partial charge in [-0.05, 0) is 44.2 Å². The van der Waals surface area contributed by atoms with Crippen molar-refractivity contribution in [1.29, 1.82) is 0 Å². The van der Waals surface area contributed by atoms with Gasteiger partial charge < -0.3 is 5.32 Å². The maximum atomic E-state index is 12.4. The third kappa shape index (κ3) is 4.23. The fourth-order valence-electron chi connectivity index (χ4n) is 2.55. The zero-order chi connectivity index (χ0) is 18.7. The number of carbonyl (C=O) groups excluding carboxylic acids is 1. The minimum absolute atomic E-state index is 0.121. The molecule has 0 saturated carbocycles. The predicted octanol–water partition coefficient (Wildman–Crippen LogP) is 5.53. The zero-order valence-electron chi connectivity index (χ0n) is 14.3. The number of hydrogen-bond acceptors (Lipinski definition) is 3. The summed E-state index contributed by atoms with van der Waals surface area (Å²) < 4.78 is 1.83. The molecule has 3 aromatic rings. The minimum Gasteiger partial charge on any atom is -0.322 e. The van der Waals surface area contributed by atoms with Crippen LogP contribution in [0.3, 0.4) is 0 Å². The van der Waals surface area contributed by atoms with Crippen molar-refractivity contribution in [3.63, 3.8) is 0 Å². The van der Waals surface area contributed by atoms with Gasteiger partial charge in [-0.3, -0.25) is 4.79 Å². The Bertz CT molecular complexity index is 941. The predicted molar refractivity (Wildman–Crippen MR) is 109 cm³/mol. The van der Waals surface area contributed by atoms with Gasteiger partial charge in [0, 0.05) is 9.92 Å². The van der Waals surface area contributed by atoms with Crippen molar-refractivity contribution >= 4 is 46.6 Å². The smallest absolute Gasteiger partial charge is 0.234 e. The SMILES string of the molecule is Cc1nn(-c2ccccc2)c(C)c1NC(=O)CSc1cc(Cl)ccc1Cl. The molecule has 0 unspecified atom stereocenters. The summed E-state index contributed by atoms with van der Waals surface area (Å²) in [6.07, 6.45) is 0. The largest absolute Gasteiger partial charge is 0.322 e. The first-order valence-electron chi connectivity index (χ1n) is 7.95. The molecule has 0 bridgehead atoms. The van der Waals surface area contributed by atoms with Crippen LogP contribution in [0.5, 0.6) is 0 Å². The number of aromatic nitrogens is 2. The average molecular weight is 406 g/mol. The lowest BCUT2D eigenvalue weighted by Crippen LogP contribution is -2.15. The lowest BCUT2D eigenvalue weighted by Gasteiger charge is -2.08. The van der Waals surface area contributed by atoms with E-state index in [1.54, 1.807) is 18.2 Å². The number of para-hydroxylation sites is 1. The number of carbonyl (C=O) groups is 1. The van der Waals surface area contributed by atoms with Crippen molar-refractivity contribution in [2.24, 2.45) is 0 Å². The standard InChI is InChI=1S/C19H17Cl2N3OS/c1-12-19(13(2)24(23-12)15-6-4-3-5-7-15)22-18(25)11-26-17-10-14(20)8-9-16(17)21/h3-10H,11H2,1-2H3,(H,22,25). The van der Waals surface area contributed by atoms with Crippen LogP contribution >= 0.6 is 35.0 Å². The molecule has 0 aliphatic rings. The molecule has 26 heavy (non-hydrogen) atoms. The highest BCUT2D eigenvalue weighted by atomic mass is 35.5. The van der Waals surface area contributed by atoms with Crippen LogP contribution in [0.4, 0.5) is 5.69 Å². The molecule has 0 aliphatic heterocycles. The fourth-order valence-corrected chi connectivity index (χ4v) is 3.84. The van der Waals surface area contributed by atoms with Gasteiger partial charge in [-0.15, -0.1) is 11.8 Å². The van der Waals surface area contributed by atoms with Crippen LogP contribution in [0.25, 0.3) is 5.69 Å². The van der Waals surface area contributed by atoms with Gasteiger partial charge in [0.25, 0.3) is 0 Å². The number of benzene rings is 2. The van der Waals surface area contributed by atoms with Gasteiger partial charge in [-0.2, -0.15) is 5.10 Å². The summed E-state index contributed by atoms with van der Waals surface area (Å²) in [7, 11) is 0. The van der Waals surface area contributed by atoms with Crippen molar-refractivity contribution in [2.75, 3.05) is 11.1 Å². The first-order valence-corrected chi connectivity index (χ1v) is 9.69. The number of halogens is 2. The van der Waals surface area contributed by atoms with Crippen LogP contribution in [0.2, 0.25) is 10.0 Å². The molecule has 0 saturated heterocycles. The van der Waals surface area contributed by atoms with Crippen molar-refractivity contribution in [1.82, 2.24) is 9.78 Å². The molecule has 7 heteroatoms. The van der Waals surface area contributed by atoms with Crippen molar-refractivity contribution in [3.05, 3.63) is 70.0 Å². The van der Waals surface area contributed by atoms with Crippen LogP contribution in [-0.4, -0.2) is 21.4 Å². The van der Waals surface area contributed by atoms with E-state index in [9.17, 15) is 4.79 Å². The van der Waals surface area contributed by atoms with Crippen molar-refractivity contribution in [3.8, 4) is 5.69 Å². The highest BCUT2D eigenvalue weighted by molar-refractivity contribution is 8.00. The molecular weight excluding hydrogens is 389 g/mol. The van der Waals surface area contributed by atoms with Gasteiger partial charge in [-0.25, -0.2) is 4.68 Å². The van der Waals surface area contributed by atoms with Gasteiger partial charge >= 0.3 is 0 Å². The molecule has 0 aliphatic carbocycles. The highest BCUT2D eigenvalue weighted by Crippen LogP contribution is 2.30. The van der Waals surface area contributed by atoms with Gasteiger partial charge in [-0.1, -0.05) is 41.4 Å². The normalized spacial score (nSPS) is 10.8. The van der Waals surface area contributed by atoms with E-state index in [1.807, 2.05) is 48.9 Å². The molecule has 1 amide bonds. The molecule has 0 fully saturated rings. The number of nitrogens with one attached hydrogen (secondary N) is 1. The summed E-state index contributed by atoms with van der Waals surface area (Å²) in [5.74, 6) is 0.111. The number of anilines is 1. The number of nitrogens with zero attached hydrogens (tertiary/aromatic N) is 2. The van der Waals surface area contributed by atoms with E-state index < -0.39 is 0 Å². The van der Waals surface area contributed by atoms with E-state index in [0.29, 0.717) is 10.0 Å². The third-order valence-corrected chi connectivity index (χ3v) is 5.54. The second-order valence-electron chi connectivity index (χ2n) is 5.70. The van der Waals surface area contributed by atoms with Gasteiger partial charge in [0.05, 0.1) is 33.5 Å². The van der Waals surface area contributed by atoms with Crippen LogP contribution in [-0.2, 0) is 4.79 Å². The first-order chi connectivity index (χ1) is 12.5. The molecule has 1 aromatic heterocycles. The maximum Gasteiger partial charge on any atom is 0.234 e. The maximum absolute atomic E-state index is 12.4. The molecule has 1 heterocycles. The van der Waals surface area contributed by atoms with Crippen LogP contribution in [0.1, 0.15) is 11.4 Å². The molecule has 1 N–H and O–H groups in total. The molecule has 0 atom stereocenters. The van der Waals surface area contributed by atoms with E-state index in [2.05, 4.69) is 10.4 Å². The summed E-state index contributed by atoms with van der Waals surface area (Å²) in [4.78, 5) is 13.2. The number of rotatable bonds is 5. The molecule has 0 radical (unpaired) electrons. The van der Waals surface area contributed by atoms with Crippen molar-refractivity contribution in [2.45, 2.75) is 18.7 Å². The summed E-state index contributed by atoms with van der Waals surface area (Å²) in [6, 6.07) is 15.0. The highest BCUT2D eigenvalue weighted by Gasteiger charge is 2.15.